The van der Waals surface area contributed by atoms with Gasteiger partial charge in [0, 0.05) is 22.7 Å². The fourth-order valence-corrected chi connectivity index (χ4v) is 3.27. The van der Waals surface area contributed by atoms with Crippen molar-refractivity contribution in [2.24, 2.45) is 0 Å². The first kappa shape index (κ1) is 20.8. The molecule has 3 rings (SSSR count). The molecule has 1 aromatic heterocycles. The first-order chi connectivity index (χ1) is 13.5. The summed E-state index contributed by atoms with van der Waals surface area (Å²) < 4.78 is 30.2. The Balaban J connectivity index is 1.79. The lowest BCUT2D eigenvalue weighted by Crippen LogP contribution is -2.14. The molecule has 1 unspecified atom stereocenters. The van der Waals surface area contributed by atoms with Crippen molar-refractivity contribution >= 4 is 24.4 Å². The predicted molar refractivity (Wildman–Crippen MR) is 110 cm³/mol. The van der Waals surface area contributed by atoms with Crippen LogP contribution in [-0.4, -0.2) is 27.7 Å². The maximum Gasteiger partial charge on any atom is 0.168 e. The molecule has 1 heterocycles. The van der Waals surface area contributed by atoms with Crippen LogP contribution >= 0.6 is 24.4 Å². The molecule has 3 N–H and O–H groups in total. The Morgan fingerprint density at radius 3 is 2.82 bits per heavy atom. The van der Waals surface area contributed by atoms with Gasteiger partial charge in [0.25, 0.3) is 0 Å². The lowest BCUT2D eigenvalue weighted by Gasteiger charge is -2.11. The van der Waals surface area contributed by atoms with E-state index in [1.165, 1.54) is 18.3 Å². The average molecular weight is 424 g/mol. The van der Waals surface area contributed by atoms with Crippen molar-refractivity contribution in [3.05, 3.63) is 64.8 Å². The van der Waals surface area contributed by atoms with E-state index in [2.05, 4.69) is 27.5 Å². The van der Waals surface area contributed by atoms with Crippen molar-refractivity contribution in [2.45, 2.75) is 25.4 Å². The zero-order valence-electron chi connectivity index (χ0n) is 14.9. The predicted octanol–water partition coefficient (Wildman–Crippen LogP) is 4.79. The van der Waals surface area contributed by atoms with Crippen molar-refractivity contribution in [3.63, 3.8) is 0 Å². The van der Waals surface area contributed by atoms with Gasteiger partial charge in [-0.05, 0) is 55.2 Å². The van der Waals surface area contributed by atoms with Gasteiger partial charge in [0.1, 0.15) is 5.82 Å². The van der Waals surface area contributed by atoms with E-state index in [-0.39, 0.29) is 5.56 Å². The second kappa shape index (κ2) is 9.52. The van der Waals surface area contributed by atoms with E-state index in [4.69, 9.17) is 11.6 Å². The molecule has 3 aromatic rings. The van der Waals surface area contributed by atoms with Crippen LogP contribution in [0.5, 0.6) is 0 Å². The topological polar surface area (TPSA) is 60.9 Å². The van der Waals surface area contributed by atoms with E-state index in [9.17, 15) is 13.9 Å². The molecule has 0 aliphatic rings. The Morgan fingerprint density at radius 2 is 2.04 bits per heavy atom. The number of benzene rings is 2. The molecule has 0 saturated carbocycles. The fourth-order valence-electron chi connectivity index (χ4n) is 2.93. The number of nitrogens with zero attached hydrogens (tertiary/aromatic N) is 1. The van der Waals surface area contributed by atoms with Crippen LogP contribution in [-0.2, 0) is 6.42 Å². The van der Waals surface area contributed by atoms with E-state index in [0.29, 0.717) is 42.3 Å². The Labute approximate surface area is 172 Å². The molecule has 4 nitrogen and oxygen atoms in total. The summed E-state index contributed by atoms with van der Waals surface area (Å²) in [6.07, 6.45) is 2.78. The van der Waals surface area contributed by atoms with Gasteiger partial charge in [-0.2, -0.15) is 0 Å². The van der Waals surface area contributed by atoms with Crippen LogP contribution in [0.15, 0.2) is 42.6 Å². The number of thiol groups is 1. The lowest BCUT2D eigenvalue weighted by atomic mass is 10.0. The normalized spacial score (nSPS) is 12.3. The fraction of sp³-hybridized carbons (Fsp3) is 0.250. The second-order valence-corrected chi connectivity index (χ2v) is 7.17. The maximum absolute atomic E-state index is 14.0. The summed E-state index contributed by atoms with van der Waals surface area (Å²) in [5.74, 6) is -1.30. The third-order valence-corrected chi connectivity index (χ3v) is 5.07. The van der Waals surface area contributed by atoms with Crippen molar-refractivity contribution in [2.75, 3.05) is 6.54 Å². The van der Waals surface area contributed by atoms with Gasteiger partial charge in [0.05, 0.1) is 18.0 Å². The quantitative estimate of drug-likeness (QED) is 0.394. The highest BCUT2D eigenvalue weighted by Crippen LogP contribution is 2.28. The van der Waals surface area contributed by atoms with E-state index in [0.717, 1.165) is 17.2 Å². The Morgan fingerprint density at radius 1 is 1.21 bits per heavy atom. The first-order valence-corrected chi connectivity index (χ1v) is 9.65. The third kappa shape index (κ3) is 4.91. The summed E-state index contributed by atoms with van der Waals surface area (Å²) in [4.78, 5) is 7.31. The molecule has 0 amide bonds. The van der Waals surface area contributed by atoms with E-state index < -0.39 is 17.7 Å². The number of rotatable bonds is 8. The van der Waals surface area contributed by atoms with Crippen LogP contribution in [0.4, 0.5) is 8.78 Å². The summed E-state index contributed by atoms with van der Waals surface area (Å²) in [5, 5.41) is 10.6. The average Bonchev–Trinajstić information content (AvgIpc) is 3.17. The Kier molecular flexibility index (Phi) is 7.07. The van der Waals surface area contributed by atoms with E-state index in [1.54, 1.807) is 12.1 Å². The Hall–Kier alpha value is -1.93. The molecule has 0 radical (unpaired) electrons. The van der Waals surface area contributed by atoms with Crippen LogP contribution in [0.3, 0.4) is 0 Å². The van der Waals surface area contributed by atoms with Crippen LogP contribution in [0.1, 0.15) is 18.4 Å². The number of halogens is 3. The van der Waals surface area contributed by atoms with Crippen molar-refractivity contribution in [1.82, 2.24) is 14.7 Å². The number of aliphatic hydroxyl groups is 1. The largest absolute Gasteiger partial charge is 0.393 e. The van der Waals surface area contributed by atoms with Crippen molar-refractivity contribution in [1.29, 1.82) is 0 Å². The number of aromatic amines is 1. The highest BCUT2D eigenvalue weighted by atomic mass is 35.5. The zero-order valence-corrected chi connectivity index (χ0v) is 16.6. The molecule has 1 atom stereocenters. The summed E-state index contributed by atoms with van der Waals surface area (Å²) >= 11 is 10.2. The molecular formula is C20H20ClF2N3OS. The molecular weight excluding hydrogens is 404 g/mol. The molecule has 0 aliphatic carbocycles. The molecule has 0 aliphatic heterocycles. The van der Waals surface area contributed by atoms with E-state index in [1.807, 2.05) is 6.07 Å². The summed E-state index contributed by atoms with van der Waals surface area (Å²) in [7, 11) is 0. The smallest absolute Gasteiger partial charge is 0.168 e. The van der Waals surface area contributed by atoms with Gasteiger partial charge in [-0.3, -0.25) is 4.72 Å². The highest BCUT2D eigenvalue weighted by molar-refractivity contribution is 7.78. The summed E-state index contributed by atoms with van der Waals surface area (Å²) in [6, 6.07) is 9.46. The van der Waals surface area contributed by atoms with E-state index >= 15 is 0 Å². The molecule has 0 bridgehead atoms. The third-order valence-electron chi connectivity index (χ3n) is 4.47. The molecule has 8 heteroatoms. The maximum atomic E-state index is 14.0. The molecule has 0 fully saturated rings. The number of aromatic nitrogens is 2. The van der Waals surface area contributed by atoms with Crippen LogP contribution in [0.2, 0.25) is 5.02 Å². The first-order valence-electron chi connectivity index (χ1n) is 8.82. The number of hydrogen-bond acceptors (Lipinski definition) is 4. The minimum atomic E-state index is -0.917. The Bertz CT molecular complexity index is 951. The number of aryl methyl sites for hydroxylation is 1. The van der Waals surface area contributed by atoms with Crippen molar-refractivity contribution < 1.29 is 13.9 Å². The number of hydrogen-bond donors (Lipinski definition) is 4. The number of imidazole rings is 1. The SMILES string of the molecule is OC(CCNS)CCc1cc(-c2ncc(-c3cccc(F)c3F)[nH]2)ccc1Cl. The number of nitrogens with one attached hydrogen (secondary N) is 2. The van der Waals surface area contributed by atoms with Gasteiger partial charge in [-0.1, -0.05) is 30.5 Å². The van der Waals surface area contributed by atoms with Gasteiger partial charge < -0.3 is 10.1 Å². The number of H-pyrrole nitrogens is 1. The van der Waals surface area contributed by atoms with Crippen LogP contribution in [0.25, 0.3) is 22.6 Å². The minimum Gasteiger partial charge on any atom is -0.393 e. The summed E-state index contributed by atoms with van der Waals surface area (Å²) in [5.41, 5.74) is 2.16. The molecule has 148 valence electrons. The van der Waals surface area contributed by atoms with Gasteiger partial charge >= 0.3 is 0 Å². The van der Waals surface area contributed by atoms with Gasteiger partial charge in [0.15, 0.2) is 11.6 Å². The van der Waals surface area contributed by atoms with Gasteiger partial charge in [-0.15, -0.1) is 0 Å². The molecule has 28 heavy (non-hydrogen) atoms. The standard InChI is InChI=1S/C20H20ClF2N3OS/c21-16-7-5-13(10-12(16)4-6-14(27)8-9-25-28)20-24-11-18(26-20)15-2-1-3-17(22)19(15)23/h1-3,5,7,10-11,14,25,27-28H,4,6,8-9H2,(H,24,26). The highest BCUT2D eigenvalue weighted by Gasteiger charge is 2.14. The molecule has 2 aromatic carbocycles. The second-order valence-electron chi connectivity index (χ2n) is 6.44. The minimum absolute atomic E-state index is 0.119. The van der Waals surface area contributed by atoms with Gasteiger partial charge in [0.2, 0.25) is 0 Å². The summed E-state index contributed by atoms with van der Waals surface area (Å²) in [6.45, 7) is 0.615. The lowest BCUT2D eigenvalue weighted by molar-refractivity contribution is 0.156. The van der Waals surface area contributed by atoms with Crippen LogP contribution < -0.4 is 4.72 Å². The molecule has 0 saturated heterocycles. The number of aliphatic hydroxyl groups excluding tert-OH is 1. The van der Waals surface area contributed by atoms with Crippen LogP contribution in [0, 0.1) is 11.6 Å². The monoisotopic (exact) mass is 423 g/mol. The molecule has 0 spiro atoms. The zero-order chi connectivity index (χ0) is 20.1. The van der Waals surface area contributed by atoms with Gasteiger partial charge in [-0.25, -0.2) is 13.8 Å². The van der Waals surface area contributed by atoms with Crippen molar-refractivity contribution in [3.8, 4) is 22.6 Å².